The Hall–Kier alpha value is -4.66. The SMILES string of the molecule is CCOc1ccc(/C(O)=C2\C(=O)C(=O)N(c3ccc4c(c3)OCO4)C2c2ccc(OC)c(OC)c2)cc1C. The number of ketones is 1. The molecule has 5 rings (SSSR count). The van der Waals surface area contributed by atoms with E-state index < -0.39 is 17.7 Å². The minimum atomic E-state index is -0.956. The van der Waals surface area contributed by atoms with E-state index in [-0.39, 0.29) is 18.1 Å². The van der Waals surface area contributed by atoms with E-state index in [1.54, 1.807) is 54.6 Å². The van der Waals surface area contributed by atoms with Gasteiger partial charge in [-0.15, -0.1) is 0 Å². The minimum absolute atomic E-state index is 0.0524. The van der Waals surface area contributed by atoms with Crippen molar-refractivity contribution < 1.29 is 38.4 Å². The third-order valence-corrected chi connectivity index (χ3v) is 6.55. The van der Waals surface area contributed by atoms with Crippen LogP contribution in [0.2, 0.25) is 0 Å². The highest BCUT2D eigenvalue weighted by atomic mass is 16.7. The van der Waals surface area contributed by atoms with Crippen molar-refractivity contribution in [2.75, 3.05) is 32.5 Å². The van der Waals surface area contributed by atoms with Gasteiger partial charge in [0.25, 0.3) is 11.7 Å². The number of aryl methyl sites for hydroxylation is 1. The summed E-state index contributed by atoms with van der Waals surface area (Å²) in [5, 5.41) is 11.5. The number of fused-ring (bicyclic) bond motifs is 1. The fourth-order valence-electron chi connectivity index (χ4n) is 4.74. The first kappa shape index (κ1) is 25.0. The van der Waals surface area contributed by atoms with Crippen molar-refractivity contribution in [2.45, 2.75) is 19.9 Å². The number of carbonyl (C=O) groups excluding carboxylic acids is 2. The Labute approximate surface area is 219 Å². The molecule has 0 bridgehead atoms. The van der Waals surface area contributed by atoms with Crippen LogP contribution in [0.4, 0.5) is 5.69 Å². The second-order valence-corrected chi connectivity index (χ2v) is 8.73. The van der Waals surface area contributed by atoms with Crippen LogP contribution in [0.15, 0.2) is 60.2 Å². The maximum atomic E-state index is 13.5. The molecule has 0 spiro atoms. The number of amides is 1. The molecule has 3 aromatic carbocycles. The van der Waals surface area contributed by atoms with Crippen molar-refractivity contribution in [1.82, 2.24) is 0 Å². The van der Waals surface area contributed by atoms with Gasteiger partial charge in [0.05, 0.1) is 32.4 Å². The average Bonchev–Trinajstić information content (AvgIpc) is 3.50. The Kier molecular flexibility index (Phi) is 6.59. The zero-order valence-corrected chi connectivity index (χ0v) is 21.4. The number of hydrogen-bond donors (Lipinski definition) is 1. The van der Waals surface area contributed by atoms with Gasteiger partial charge in [-0.2, -0.15) is 0 Å². The molecule has 9 nitrogen and oxygen atoms in total. The summed E-state index contributed by atoms with van der Waals surface area (Å²) in [6.07, 6.45) is 0. The largest absolute Gasteiger partial charge is 0.507 e. The highest BCUT2D eigenvalue weighted by molar-refractivity contribution is 6.51. The van der Waals surface area contributed by atoms with E-state index in [2.05, 4.69) is 0 Å². The Balaban J connectivity index is 1.70. The maximum Gasteiger partial charge on any atom is 0.300 e. The Morgan fingerprint density at radius 2 is 1.68 bits per heavy atom. The van der Waals surface area contributed by atoms with E-state index in [4.69, 9.17) is 23.7 Å². The summed E-state index contributed by atoms with van der Waals surface area (Å²) in [5.41, 5.74) is 2.08. The van der Waals surface area contributed by atoms with Crippen molar-refractivity contribution in [1.29, 1.82) is 0 Å². The standard InChI is InChI=1S/C29H27NO8/c1-5-36-20-9-7-18(12-16(20)2)27(31)25-26(17-6-10-21(34-3)23(13-17)35-4)30(29(33)28(25)32)19-8-11-22-24(14-19)38-15-37-22/h6-14,26,31H,5,15H2,1-4H3/b27-25+. The van der Waals surface area contributed by atoms with Crippen molar-refractivity contribution in [2.24, 2.45) is 0 Å². The van der Waals surface area contributed by atoms with Crippen LogP contribution in [0.1, 0.15) is 29.7 Å². The molecule has 2 heterocycles. The lowest BCUT2D eigenvalue weighted by Crippen LogP contribution is -2.29. The van der Waals surface area contributed by atoms with Crippen LogP contribution in [0, 0.1) is 6.92 Å². The van der Waals surface area contributed by atoms with E-state index in [1.807, 2.05) is 13.8 Å². The van der Waals surface area contributed by atoms with Gasteiger partial charge >= 0.3 is 0 Å². The predicted molar refractivity (Wildman–Crippen MR) is 139 cm³/mol. The topological polar surface area (TPSA) is 104 Å². The van der Waals surface area contributed by atoms with Crippen molar-refractivity contribution in [3.8, 4) is 28.7 Å². The first-order valence-electron chi connectivity index (χ1n) is 12.0. The number of ether oxygens (including phenoxy) is 5. The van der Waals surface area contributed by atoms with Gasteiger partial charge in [0, 0.05) is 17.3 Å². The molecule has 3 aromatic rings. The molecule has 1 N–H and O–H groups in total. The lowest BCUT2D eigenvalue weighted by molar-refractivity contribution is -0.132. The molecule has 0 radical (unpaired) electrons. The molecule has 0 saturated carbocycles. The fourth-order valence-corrected chi connectivity index (χ4v) is 4.74. The van der Waals surface area contributed by atoms with E-state index in [9.17, 15) is 14.7 Å². The van der Waals surface area contributed by atoms with Gasteiger partial charge in [0.15, 0.2) is 23.0 Å². The Morgan fingerprint density at radius 1 is 0.947 bits per heavy atom. The van der Waals surface area contributed by atoms with Crippen LogP contribution in [0.25, 0.3) is 5.76 Å². The summed E-state index contributed by atoms with van der Waals surface area (Å²) in [7, 11) is 3.02. The van der Waals surface area contributed by atoms with Gasteiger partial charge in [-0.05, 0) is 67.4 Å². The quantitative estimate of drug-likeness (QED) is 0.272. The smallest absolute Gasteiger partial charge is 0.300 e. The van der Waals surface area contributed by atoms with Crippen LogP contribution < -0.4 is 28.6 Å². The second kappa shape index (κ2) is 10.0. The lowest BCUT2D eigenvalue weighted by atomic mass is 9.94. The van der Waals surface area contributed by atoms with Gasteiger partial charge in [0.1, 0.15) is 11.5 Å². The first-order chi connectivity index (χ1) is 18.4. The summed E-state index contributed by atoms with van der Waals surface area (Å²) in [4.78, 5) is 28.4. The number of aliphatic hydroxyl groups excluding tert-OH is 1. The van der Waals surface area contributed by atoms with E-state index in [0.29, 0.717) is 52.2 Å². The van der Waals surface area contributed by atoms with Crippen LogP contribution in [-0.4, -0.2) is 44.4 Å². The zero-order chi connectivity index (χ0) is 27.0. The molecule has 0 aromatic heterocycles. The molecule has 1 fully saturated rings. The highest BCUT2D eigenvalue weighted by Gasteiger charge is 2.47. The fraction of sp³-hybridized carbons (Fsp3) is 0.241. The Bertz CT molecular complexity index is 1460. The molecule has 38 heavy (non-hydrogen) atoms. The van der Waals surface area contributed by atoms with Gasteiger partial charge in [0.2, 0.25) is 6.79 Å². The number of carbonyl (C=O) groups is 2. The maximum absolute atomic E-state index is 13.5. The minimum Gasteiger partial charge on any atom is -0.507 e. The molecule has 196 valence electrons. The molecule has 9 heteroatoms. The zero-order valence-electron chi connectivity index (χ0n) is 21.4. The van der Waals surface area contributed by atoms with Crippen LogP contribution in [-0.2, 0) is 9.59 Å². The number of Topliss-reactive ketones (excluding diaryl/α,β-unsaturated/α-hetero) is 1. The molecule has 2 aliphatic heterocycles. The molecule has 1 unspecified atom stereocenters. The van der Waals surface area contributed by atoms with Gasteiger partial charge < -0.3 is 28.8 Å². The third-order valence-electron chi connectivity index (χ3n) is 6.55. The van der Waals surface area contributed by atoms with Crippen molar-refractivity contribution in [3.63, 3.8) is 0 Å². The third kappa shape index (κ3) is 4.15. The van der Waals surface area contributed by atoms with E-state index in [0.717, 1.165) is 5.56 Å². The van der Waals surface area contributed by atoms with E-state index in [1.165, 1.54) is 19.1 Å². The highest BCUT2D eigenvalue weighted by Crippen LogP contribution is 2.46. The molecular weight excluding hydrogens is 490 g/mol. The molecular formula is C29H27NO8. The number of methoxy groups -OCH3 is 2. The summed E-state index contributed by atoms with van der Waals surface area (Å²) in [5.74, 6) is 0.672. The number of nitrogens with zero attached hydrogens (tertiary/aromatic N) is 1. The number of anilines is 1. The predicted octanol–water partition coefficient (Wildman–Crippen LogP) is 4.77. The summed E-state index contributed by atoms with van der Waals surface area (Å²) < 4.78 is 27.4. The van der Waals surface area contributed by atoms with Gasteiger partial charge in [-0.25, -0.2) is 0 Å². The van der Waals surface area contributed by atoms with Crippen molar-refractivity contribution in [3.05, 3.63) is 76.9 Å². The first-order valence-corrected chi connectivity index (χ1v) is 12.0. The average molecular weight is 518 g/mol. The normalized spacial score (nSPS) is 17.6. The lowest BCUT2D eigenvalue weighted by Gasteiger charge is -2.26. The Morgan fingerprint density at radius 3 is 2.39 bits per heavy atom. The van der Waals surface area contributed by atoms with Crippen LogP contribution in [0.5, 0.6) is 28.7 Å². The molecule has 1 amide bonds. The van der Waals surface area contributed by atoms with Crippen molar-refractivity contribution >= 4 is 23.1 Å². The molecule has 2 aliphatic rings. The summed E-state index contributed by atoms with van der Waals surface area (Å²) >= 11 is 0. The van der Waals surface area contributed by atoms with E-state index >= 15 is 0 Å². The summed E-state index contributed by atoms with van der Waals surface area (Å²) in [6, 6.07) is 14.3. The number of rotatable bonds is 7. The van der Waals surface area contributed by atoms with Gasteiger partial charge in [-0.1, -0.05) is 6.07 Å². The van der Waals surface area contributed by atoms with Gasteiger partial charge in [-0.3, -0.25) is 14.5 Å². The molecule has 0 aliphatic carbocycles. The van der Waals surface area contributed by atoms with Crippen LogP contribution in [0.3, 0.4) is 0 Å². The number of hydrogen-bond acceptors (Lipinski definition) is 8. The summed E-state index contributed by atoms with van der Waals surface area (Å²) in [6.45, 7) is 4.28. The monoisotopic (exact) mass is 517 g/mol. The number of aliphatic hydroxyl groups is 1. The second-order valence-electron chi connectivity index (χ2n) is 8.73. The molecule has 1 atom stereocenters. The van der Waals surface area contributed by atoms with Crippen LogP contribution >= 0.6 is 0 Å². The molecule has 1 saturated heterocycles. The number of benzene rings is 3.